The number of aromatic hydroxyl groups is 1. The number of rotatable bonds is 3. The van der Waals surface area contributed by atoms with Crippen molar-refractivity contribution in [3.05, 3.63) is 53.1 Å². The van der Waals surface area contributed by atoms with E-state index in [1.54, 1.807) is 24.3 Å². The predicted octanol–water partition coefficient (Wildman–Crippen LogP) is 3.26. The van der Waals surface area contributed by atoms with Crippen molar-refractivity contribution in [2.75, 3.05) is 23.3 Å². The zero-order valence-corrected chi connectivity index (χ0v) is 13.8. The van der Waals surface area contributed by atoms with E-state index >= 15 is 0 Å². The molecule has 0 spiro atoms. The molecule has 0 aromatic heterocycles. The molecule has 5 nitrogen and oxygen atoms in total. The number of piperidine rings is 1. The minimum atomic E-state index is -0.298. The molecular formula is C18H19ClN2O3. The first-order valence-corrected chi connectivity index (χ1v) is 8.23. The number of carbonyl (C=O) groups excluding carboxylic acids is 1. The number of phenols is 1. The lowest BCUT2D eigenvalue weighted by Crippen LogP contribution is -2.35. The number of carbonyl (C=O) groups is 1. The zero-order chi connectivity index (χ0) is 17.1. The van der Waals surface area contributed by atoms with Gasteiger partial charge in [-0.3, -0.25) is 4.79 Å². The average Bonchev–Trinajstić information content (AvgIpc) is 2.58. The number of halogens is 1. The maximum absolute atomic E-state index is 12.3. The van der Waals surface area contributed by atoms with Crippen molar-refractivity contribution in [1.29, 1.82) is 0 Å². The minimum absolute atomic E-state index is 0.0701. The SMILES string of the molecule is O=C(Nc1ccc(Cl)cc1O)c1ccc(N2CCC(O)CC2)cc1. The summed E-state index contributed by atoms with van der Waals surface area (Å²) in [5.74, 6) is -0.368. The van der Waals surface area contributed by atoms with Gasteiger partial charge in [-0.2, -0.15) is 0 Å². The molecule has 24 heavy (non-hydrogen) atoms. The van der Waals surface area contributed by atoms with Gasteiger partial charge in [0.05, 0.1) is 11.8 Å². The van der Waals surface area contributed by atoms with Crippen LogP contribution < -0.4 is 10.2 Å². The molecule has 2 aromatic rings. The Balaban J connectivity index is 1.67. The van der Waals surface area contributed by atoms with Crippen LogP contribution in [0.25, 0.3) is 0 Å². The number of nitrogens with zero attached hydrogens (tertiary/aromatic N) is 1. The van der Waals surface area contributed by atoms with Gasteiger partial charge in [0.1, 0.15) is 5.75 Å². The fraction of sp³-hybridized carbons (Fsp3) is 0.278. The highest BCUT2D eigenvalue weighted by atomic mass is 35.5. The Kier molecular flexibility index (Phi) is 4.92. The van der Waals surface area contributed by atoms with Crippen molar-refractivity contribution in [2.45, 2.75) is 18.9 Å². The van der Waals surface area contributed by atoms with Crippen LogP contribution in [0.3, 0.4) is 0 Å². The molecule has 126 valence electrons. The summed E-state index contributed by atoms with van der Waals surface area (Å²) in [6.07, 6.45) is 1.31. The first-order chi connectivity index (χ1) is 11.5. The Morgan fingerprint density at radius 3 is 2.42 bits per heavy atom. The number of amides is 1. The maximum atomic E-state index is 12.3. The van der Waals surface area contributed by atoms with Gasteiger partial charge in [0, 0.05) is 35.4 Å². The van der Waals surface area contributed by atoms with E-state index in [4.69, 9.17) is 11.6 Å². The number of nitrogens with one attached hydrogen (secondary N) is 1. The highest BCUT2D eigenvalue weighted by molar-refractivity contribution is 6.30. The Bertz CT molecular complexity index is 726. The van der Waals surface area contributed by atoms with Crippen LogP contribution in [-0.2, 0) is 0 Å². The molecule has 0 aliphatic carbocycles. The number of aliphatic hydroxyl groups excluding tert-OH is 1. The normalized spacial score (nSPS) is 15.3. The molecule has 0 atom stereocenters. The Labute approximate surface area is 145 Å². The van der Waals surface area contributed by atoms with Gasteiger partial charge in [-0.15, -0.1) is 0 Å². The number of anilines is 2. The van der Waals surface area contributed by atoms with Crippen molar-refractivity contribution in [1.82, 2.24) is 0 Å². The number of benzene rings is 2. The van der Waals surface area contributed by atoms with Crippen LogP contribution in [0.15, 0.2) is 42.5 Å². The van der Waals surface area contributed by atoms with Gasteiger partial charge in [-0.05, 0) is 49.2 Å². The van der Waals surface area contributed by atoms with Crippen molar-refractivity contribution in [3.63, 3.8) is 0 Å². The molecule has 3 N–H and O–H groups in total. The number of hydrogen-bond donors (Lipinski definition) is 3. The lowest BCUT2D eigenvalue weighted by molar-refractivity contribution is 0.102. The van der Waals surface area contributed by atoms with Gasteiger partial charge >= 0.3 is 0 Å². The van der Waals surface area contributed by atoms with Crippen LogP contribution in [0, 0.1) is 0 Å². The van der Waals surface area contributed by atoms with Gasteiger partial charge in [-0.1, -0.05) is 11.6 Å². The second-order valence-electron chi connectivity index (χ2n) is 5.88. The number of phenolic OH excluding ortho intramolecular Hbond substituents is 1. The Morgan fingerprint density at radius 2 is 1.79 bits per heavy atom. The van der Waals surface area contributed by atoms with Gasteiger partial charge in [0.15, 0.2) is 0 Å². The monoisotopic (exact) mass is 346 g/mol. The molecule has 0 unspecified atom stereocenters. The smallest absolute Gasteiger partial charge is 0.255 e. The van der Waals surface area contributed by atoms with Crippen LogP contribution in [0.5, 0.6) is 5.75 Å². The van der Waals surface area contributed by atoms with Crippen molar-refractivity contribution >= 4 is 28.9 Å². The van der Waals surface area contributed by atoms with Gasteiger partial charge in [0.2, 0.25) is 0 Å². The van der Waals surface area contributed by atoms with Crippen LogP contribution in [0.1, 0.15) is 23.2 Å². The molecule has 1 saturated heterocycles. The molecule has 0 saturated carbocycles. The first kappa shape index (κ1) is 16.6. The fourth-order valence-electron chi connectivity index (χ4n) is 2.75. The lowest BCUT2D eigenvalue weighted by Gasteiger charge is -2.31. The number of aliphatic hydroxyl groups is 1. The summed E-state index contributed by atoms with van der Waals surface area (Å²) in [5, 5.41) is 22.4. The van der Waals surface area contributed by atoms with Gasteiger partial charge in [-0.25, -0.2) is 0 Å². The minimum Gasteiger partial charge on any atom is -0.506 e. The molecular weight excluding hydrogens is 328 g/mol. The van der Waals surface area contributed by atoms with E-state index in [0.717, 1.165) is 31.6 Å². The van der Waals surface area contributed by atoms with E-state index < -0.39 is 0 Å². The highest BCUT2D eigenvalue weighted by Crippen LogP contribution is 2.27. The fourth-order valence-corrected chi connectivity index (χ4v) is 2.92. The Hall–Kier alpha value is -2.24. The third kappa shape index (κ3) is 3.80. The van der Waals surface area contributed by atoms with E-state index in [-0.39, 0.29) is 17.8 Å². The summed E-state index contributed by atoms with van der Waals surface area (Å²) in [4.78, 5) is 14.5. The largest absolute Gasteiger partial charge is 0.506 e. The highest BCUT2D eigenvalue weighted by Gasteiger charge is 2.17. The molecule has 1 aliphatic rings. The molecule has 3 rings (SSSR count). The standard InChI is InChI=1S/C18H19ClN2O3/c19-13-3-6-16(17(23)11-13)20-18(24)12-1-4-14(5-2-12)21-9-7-15(22)8-10-21/h1-6,11,15,22-23H,7-10H2,(H,20,24). The molecule has 2 aromatic carbocycles. The van der Waals surface area contributed by atoms with E-state index in [0.29, 0.717) is 16.3 Å². The van der Waals surface area contributed by atoms with Crippen molar-refractivity contribution in [2.24, 2.45) is 0 Å². The van der Waals surface area contributed by atoms with Crippen molar-refractivity contribution < 1.29 is 15.0 Å². The molecule has 0 radical (unpaired) electrons. The average molecular weight is 347 g/mol. The Morgan fingerprint density at radius 1 is 1.12 bits per heavy atom. The summed E-state index contributed by atoms with van der Waals surface area (Å²) < 4.78 is 0. The third-order valence-electron chi connectivity index (χ3n) is 4.17. The van der Waals surface area contributed by atoms with Crippen molar-refractivity contribution in [3.8, 4) is 5.75 Å². The van der Waals surface area contributed by atoms with Gasteiger partial charge < -0.3 is 20.4 Å². The molecule has 1 amide bonds. The maximum Gasteiger partial charge on any atom is 0.255 e. The lowest BCUT2D eigenvalue weighted by atomic mass is 10.1. The third-order valence-corrected chi connectivity index (χ3v) is 4.40. The zero-order valence-electron chi connectivity index (χ0n) is 13.1. The second kappa shape index (κ2) is 7.11. The summed E-state index contributed by atoms with van der Waals surface area (Å²) in [6.45, 7) is 1.62. The summed E-state index contributed by atoms with van der Waals surface area (Å²) in [7, 11) is 0. The number of hydrogen-bond acceptors (Lipinski definition) is 4. The molecule has 0 bridgehead atoms. The van der Waals surface area contributed by atoms with E-state index in [2.05, 4.69) is 10.2 Å². The van der Waals surface area contributed by atoms with E-state index in [1.807, 2.05) is 12.1 Å². The van der Waals surface area contributed by atoms with Crippen LogP contribution in [0.4, 0.5) is 11.4 Å². The molecule has 1 aliphatic heterocycles. The van der Waals surface area contributed by atoms with Crippen LogP contribution in [-0.4, -0.2) is 35.3 Å². The topological polar surface area (TPSA) is 72.8 Å². The molecule has 6 heteroatoms. The second-order valence-corrected chi connectivity index (χ2v) is 6.32. The molecule has 1 heterocycles. The van der Waals surface area contributed by atoms with E-state index in [1.165, 1.54) is 6.07 Å². The van der Waals surface area contributed by atoms with Crippen LogP contribution in [0.2, 0.25) is 5.02 Å². The first-order valence-electron chi connectivity index (χ1n) is 7.86. The summed E-state index contributed by atoms with van der Waals surface area (Å²) >= 11 is 5.78. The quantitative estimate of drug-likeness (QED) is 0.746. The summed E-state index contributed by atoms with van der Waals surface area (Å²) in [5.41, 5.74) is 1.86. The predicted molar refractivity (Wildman–Crippen MR) is 95.0 cm³/mol. The summed E-state index contributed by atoms with van der Waals surface area (Å²) in [6, 6.07) is 11.8. The van der Waals surface area contributed by atoms with E-state index in [9.17, 15) is 15.0 Å². The molecule has 1 fully saturated rings. The van der Waals surface area contributed by atoms with Crippen LogP contribution >= 0.6 is 11.6 Å². The van der Waals surface area contributed by atoms with Gasteiger partial charge in [0.25, 0.3) is 5.91 Å².